The van der Waals surface area contributed by atoms with Gasteiger partial charge in [-0.3, -0.25) is 4.79 Å². The first kappa shape index (κ1) is 11.6. The lowest BCUT2D eigenvalue weighted by Gasteiger charge is -2.31. The van der Waals surface area contributed by atoms with E-state index >= 15 is 0 Å². The number of carboxylic acid groups (broad SMARTS) is 1. The summed E-state index contributed by atoms with van der Waals surface area (Å²) in [6.45, 7) is 0.961. The van der Waals surface area contributed by atoms with Gasteiger partial charge in [-0.1, -0.05) is 12.8 Å². The minimum absolute atomic E-state index is 0.0677. The minimum atomic E-state index is -0.669. The Kier molecular flexibility index (Phi) is 2.97. The third-order valence-corrected chi connectivity index (χ3v) is 4.16. The number of hydrogen-bond donors (Lipinski definition) is 2. The quantitative estimate of drug-likeness (QED) is 0.842. The van der Waals surface area contributed by atoms with Gasteiger partial charge in [0.2, 0.25) is 0 Å². The van der Waals surface area contributed by atoms with Gasteiger partial charge in [-0.15, -0.1) is 0 Å². The first-order chi connectivity index (χ1) is 8.77. The molecule has 0 radical (unpaired) electrons. The maximum absolute atomic E-state index is 11.4. The zero-order valence-corrected chi connectivity index (χ0v) is 10.4. The predicted octanol–water partition coefficient (Wildman–Crippen LogP) is 2.06. The van der Waals surface area contributed by atoms with Crippen LogP contribution in [-0.4, -0.2) is 27.2 Å². The van der Waals surface area contributed by atoms with E-state index in [1.807, 2.05) is 6.33 Å². The number of aromatic nitrogens is 2. The number of imidazole rings is 1. The van der Waals surface area contributed by atoms with Gasteiger partial charge in [-0.25, -0.2) is 4.98 Å². The lowest BCUT2D eigenvalue weighted by Crippen LogP contribution is -2.30. The molecule has 0 amide bonds. The van der Waals surface area contributed by atoms with Gasteiger partial charge in [-0.05, 0) is 25.7 Å². The van der Waals surface area contributed by atoms with Gasteiger partial charge in [0.25, 0.3) is 0 Å². The smallest absolute Gasteiger partial charge is 0.308 e. The molecule has 2 atom stereocenters. The van der Waals surface area contributed by atoms with Gasteiger partial charge in [-0.2, -0.15) is 0 Å². The maximum Gasteiger partial charge on any atom is 0.308 e. The monoisotopic (exact) mass is 249 g/mol. The van der Waals surface area contributed by atoms with E-state index in [4.69, 9.17) is 0 Å². The van der Waals surface area contributed by atoms with Crippen LogP contribution in [0.3, 0.4) is 0 Å². The van der Waals surface area contributed by atoms with Gasteiger partial charge in [0.15, 0.2) is 0 Å². The van der Waals surface area contributed by atoms with Crippen LogP contribution in [0.25, 0.3) is 0 Å². The van der Waals surface area contributed by atoms with Crippen molar-refractivity contribution in [3.63, 3.8) is 0 Å². The standard InChI is InChI=1S/C13H19N3O2/c17-13(18)9-4-1-2-6-11(9)16-8-15-10-5-3-7-14-12(10)16/h8-9,11,14H,1-7H2,(H,17,18). The first-order valence-corrected chi connectivity index (χ1v) is 6.80. The molecule has 1 aliphatic carbocycles. The molecule has 0 saturated heterocycles. The van der Waals surface area contributed by atoms with Crippen molar-refractivity contribution in [2.24, 2.45) is 5.92 Å². The Morgan fingerprint density at radius 2 is 2.22 bits per heavy atom. The van der Waals surface area contributed by atoms with Crippen molar-refractivity contribution in [2.75, 3.05) is 11.9 Å². The SMILES string of the molecule is O=C(O)C1CCCCC1n1cnc2c1NCCC2. The fourth-order valence-electron chi connectivity index (χ4n) is 3.22. The Balaban J connectivity index is 1.92. The van der Waals surface area contributed by atoms with E-state index in [0.717, 1.165) is 56.6 Å². The van der Waals surface area contributed by atoms with Gasteiger partial charge >= 0.3 is 5.97 Å². The zero-order valence-electron chi connectivity index (χ0n) is 10.4. The molecule has 18 heavy (non-hydrogen) atoms. The molecule has 2 N–H and O–H groups in total. The van der Waals surface area contributed by atoms with Gasteiger partial charge in [0, 0.05) is 12.6 Å². The summed E-state index contributed by atoms with van der Waals surface area (Å²) in [7, 11) is 0. The van der Waals surface area contributed by atoms with E-state index in [1.165, 1.54) is 0 Å². The van der Waals surface area contributed by atoms with E-state index in [9.17, 15) is 9.90 Å². The predicted molar refractivity (Wildman–Crippen MR) is 67.7 cm³/mol. The van der Waals surface area contributed by atoms with Crippen LogP contribution in [0.5, 0.6) is 0 Å². The molecule has 5 heteroatoms. The molecule has 0 bridgehead atoms. The number of anilines is 1. The van der Waals surface area contributed by atoms with Gasteiger partial charge in [0.05, 0.1) is 17.9 Å². The van der Waals surface area contributed by atoms with E-state index in [1.54, 1.807) is 0 Å². The molecule has 2 unspecified atom stereocenters. The highest BCUT2D eigenvalue weighted by Gasteiger charge is 2.34. The molecule has 98 valence electrons. The number of aryl methyl sites for hydroxylation is 1. The molecule has 2 aliphatic rings. The number of aliphatic carboxylic acids is 1. The third-order valence-electron chi connectivity index (χ3n) is 4.16. The first-order valence-electron chi connectivity index (χ1n) is 6.80. The molecule has 1 fully saturated rings. The van der Waals surface area contributed by atoms with Crippen molar-refractivity contribution < 1.29 is 9.90 Å². The van der Waals surface area contributed by atoms with Crippen molar-refractivity contribution in [3.8, 4) is 0 Å². The highest BCUT2D eigenvalue weighted by atomic mass is 16.4. The average molecular weight is 249 g/mol. The largest absolute Gasteiger partial charge is 0.481 e. The minimum Gasteiger partial charge on any atom is -0.481 e. The lowest BCUT2D eigenvalue weighted by molar-refractivity contribution is -0.144. The number of carbonyl (C=O) groups is 1. The van der Waals surface area contributed by atoms with Crippen LogP contribution in [0.4, 0.5) is 5.82 Å². The molecular weight excluding hydrogens is 230 g/mol. The molecule has 0 spiro atoms. The van der Waals surface area contributed by atoms with E-state index < -0.39 is 5.97 Å². The van der Waals surface area contributed by atoms with Crippen LogP contribution in [0.15, 0.2) is 6.33 Å². The highest BCUT2D eigenvalue weighted by molar-refractivity contribution is 5.71. The van der Waals surface area contributed by atoms with Crippen LogP contribution >= 0.6 is 0 Å². The Bertz CT molecular complexity index is 455. The second-order valence-electron chi connectivity index (χ2n) is 5.27. The molecular formula is C13H19N3O2. The van der Waals surface area contributed by atoms with Crippen molar-refractivity contribution in [3.05, 3.63) is 12.0 Å². The summed E-state index contributed by atoms with van der Waals surface area (Å²) < 4.78 is 2.08. The van der Waals surface area contributed by atoms with Crippen molar-refractivity contribution in [1.82, 2.24) is 9.55 Å². The summed E-state index contributed by atoms with van der Waals surface area (Å²) in [5, 5.41) is 12.7. The summed E-state index contributed by atoms with van der Waals surface area (Å²) >= 11 is 0. The topological polar surface area (TPSA) is 67.1 Å². The number of hydrogen-bond acceptors (Lipinski definition) is 3. The van der Waals surface area contributed by atoms with Crippen LogP contribution < -0.4 is 5.32 Å². The summed E-state index contributed by atoms with van der Waals surface area (Å²) in [6, 6.07) is 0.0677. The summed E-state index contributed by atoms with van der Waals surface area (Å²) in [6.07, 6.45) is 7.80. The molecule has 2 heterocycles. The van der Waals surface area contributed by atoms with E-state index in [-0.39, 0.29) is 12.0 Å². The summed E-state index contributed by atoms with van der Waals surface area (Å²) in [5.41, 5.74) is 1.09. The molecule has 1 aromatic heterocycles. The van der Waals surface area contributed by atoms with Crippen LogP contribution in [-0.2, 0) is 11.2 Å². The Morgan fingerprint density at radius 1 is 1.39 bits per heavy atom. The maximum atomic E-state index is 11.4. The Labute approximate surface area is 106 Å². The Morgan fingerprint density at radius 3 is 3.06 bits per heavy atom. The second kappa shape index (κ2) is 4.63. The van der Waals surface area contributed by atoms with Crippen molar-refractivity contribution in [1.29, 1.82) is 0 Å². The molecule has 1 saturated carbocycles. The molecule has 3 rings (SSSR count). The lowest BCUT2D eigenvalue weighted by atomic mass is 9.84. The summed E-state index contributed by atoms with van der Waals surface area (Å²) in [5.74, 6) is 0.123. The average Bonchev–Trinajstić information content (AvgIpc) is 2.82. The molecule has 0 aromatic carbocycles. The van der Waals surface area contributed by atoms with Gasteiger partial charge < -0.3 is 15.0 Å². The summed E-state index contributed by atoms with van der Waals surface area (Å²) in [4.78, 5) is 15.8. The van der Waals surface area contributed by atoms with E-state index in [2.05, 4.69) is 14.9 Å². The molecule has 1 aliphatic heterocycles. The van der Waals surface area contributed by atoms with Gasteiger partial charge in [0.1, 0.15) is 5.82 Å². The highest BCUT2D eigenvalue weighted by Crippen LogP contribution is 2.37. The fraction of sp³-hybridized carbons (Fsp3) is 0.692. The van der Waals surface area contributed by atoms with Crippen LogP contribution in [0, 0.1) is 5.92 Å². The molecule has 1 aromatic rings. The second-order valence-corrected chi connectivity index (χ2v) is 5.27. The van der Waals surface area contributed by atoms with E-state index in [0.29, 0.717) is 0 Å². The van der Waals surface area contributed by atoms with Crippen molar-refractivity contribution in [2.45, 2.75) is 44.6 Å². The normalized spacial score (nSPS) is 27.3. The van der Waals surface area contributed by atoms with Crippen molar-refractivity contribution >= 4 is 11.8 Å². The number of nitrogens with zero attached hydrogens (tertiary/aromatic N) is 2. The van der Waals surface area contributed by atoms with Crippen LogP contribution in [0.2, 0.25) is 0 Å². The number of rotatable bonds is 2. The Hall–Kier alpha value is -1.52. The number of fused-ring (bicyclic) bond motifs is 1. The third kappa shape index (κ3) is 1.87. The number of carboxylic acids is 1. The van der Waals surface area contributed by atoms with Crippen LogP contribution in [0.1, 0.15) is 43.8 Å². The number of nitrogens with one attached hydrogen (secondary N) is 1. The fourth-order valence-corrected chi connectivity index (χ4v) is 3.22. The molecule has 5 nitrogen and oxygen atoms in total. The zero-order chi connectivity index (χ0) is 12.5.